The number of carbonyl (C=O) groups excluding carboxylic acids is 1. The Bertz CT molecular complexity index is 164. The van der Waals surface area contributed by atoms with Gasteiger partial charge in [0.05, 0.1) is 0 Å². The van der Waals surface area contributed by atoms with E-state index in [-0.39, 0.29) is 12.1 Å². The third-order valence-corrected chi connectivity index (χ3v) is 2.04. The van der Waals surface area contributed by atoms with Crippen molar-refractivity contribution >= 4 is 6.03 Å². The Balaban J connectivity index is 2.18. The van der Waals surface area contributed by atoms with Crippen molar-refractivity contribution in [1.29, 1.82) is 0 Å². The molecule has 0 unspecified atom stereocenters. The highest BCUT2D eigenvalue weighted by Crippen LogP contribution is 2.05. The van der Waals surface area contributed by atoms with E-state index in [4.69, 9.17) is 0 Å². The minimum absolute atomic E-state index is 0.0862. The second-order valence-corrected chi connectivity index (χ2v) is 3.79. The molecule has 0 bridgehead atoms. The van der Waals surface area contributed by atoms with Crippen molar-refractivity contribution in [2.75, 3.05) is 13.1 Å². The van der Waals surface area contributed by atoms with E-state index in [0.717, 1.165) is 13.1 Å². The molecule has 76 valence electrons. The molecule has 0 aliphatic carbocycles. The van der Waals surface area contributed by atoms with Gasteiger partial charge in [0.1, 0.15) is 0 Å². The molecule has 2 amide bonds. The molecule has 1 saturated heterocycles. The summed E-state index contributed by atoms with van der Waals surface area (Å²) in [5, 5.41) is 4.79. The van der Waals surface area contributed by atoms with E-state index in [9.17, 15) is 4.79 Å². The maximum Gasteiger partial charge on any atom is 0.329 e. The van der Waals surface area contributed by atoms with Gasteiger partial charge >= 0.3 is 6.03 Å². The Morgan fingerprint density at radius 3 is 2.38 bits per heavy atom. The molecule has 2 N–H and O–H groups in total. The van der Waals surface area contributed by atoms with Crippen molar-refractivity contribution in [3.05, 3.63) is 0 Å². The van der Waals surface area contributed by atoms with Crippen LogP contribution in [0.3, 0.4) is 0 Å². The summed E-state index contributed by atoms with van der Waals surface area (Å²) in [6, 6.07) is 0.113. The number of amides is 2. The molecule has 0 spiro atoms. The van der Waals surface area contributed by atoms with E-state index in [1.807, 2.05) is 18.9 Å². The van der Waals surface area contributed by atoms with E-state index in [1.54, 1.807) is 0 Å². The Labute approximate surface area is 79.6 Å². The molecule has 0 saturated carbocycles. The van der Waals surface area contributed by atoms with Crippen LogP contribution in [-0.2, 0) is 0 Å². The van der Waals surface area contributed by atoms with Crippen LogP contribution in [0.15, 0.2) is 0 Å². The summed E-state index contributed by atoms with van der Waals surface area (Å²) in [5.74, 6) is 0. The zero-order valence-electron chi connectivity index (χ0n) is 8.47. The fourth-order valence-electron chi connectivity index (χ4n) is 1.44. The number of nitrogens with one attached hydrogen (secondary N) is 2. The number of hydrogen-bond acceptors (Lipinski definition) is 2. The topological polar surface area (TPSA) is 44.4 Å². The normalized spacial score (nSPS) is 18.7. The van der Waals surface area contributed by atoms with Gasteiger partial charge in [-0.3, -0.25) is 5.43 Å². The Hall–Kier alpha value is -0.770. The van der Waals surface area contributed by atoms with Gasteiger partial charge in [0.15, 0.2) is 0 Å². The van der Waals surface area contributed by atoms with E-state index >= 15 is 0 Å². The third-order valence-electron chi connectivity index (χ3n) is 2.04. The monoisotopic (exact) mass is 185 g/mol. The van der Waals surface area contributed by atoms with Crippen LogP contribution in [0.5, 0.6) is 0 Å². The van der Waals surface area contributed by atoms with E-state index in [0.29, 0.717) is 0 Å². The molecule has 13 heavy (non-hydrogen) atoms. The van der Waals surface area contributed by atoms with E-state index in [2.05, 4.69) is 10.7 Å². The first kappa shape index (κ1) is 10.3. The summed E-state index contributed by atoms with van der Waals surface area (Å²) < 4.78 is 0. The van der Waals surface area contributed by atoms with Crippen LogP contribution in [0.1, 0.15) is 33.1 Å². The van der Waals surface area contributed by atoms with Crippen LogP contribution < -0.4 is 10.7 Å². The minimum atomic E-state index is -0.0862. The zero-order chi connectivity index (χ0) is 9.68. The fourth-order valence-corrected chi connectivity index (χ4v) is 1.44. The van der Waals surface area contributed by atoms with E-state index < -0.39 is 0 Å². The molecule has 0 aromatic heterocycles. The predicted molar refractivity (Wildman–Crippen MR) is 52.2 cm³/mol. The molecule has 0 aromatic rings. The lowest BCUT2D eigenvalue weighted by Gasteiger charge is -2.27. The summed E-state index contributed by atoms with van der Waals surface area (Å²) in [7, 11) is 0. The molecule has 1 fully saturated rings. The minimum Gasteiger partial charge on any atom is -0.335 e. The van der Waals surface area contributed by atoms with Gasteiger partial charge in [-0.2, -0.15) is 0 Å². The molecular formula is C9H19N3O. The number of hydrazine groups is 1. The Morgan fingerprint density at radius 2 is 1.85 bits per heavy atom. The fraction of sp³-hybridized carbons (Fsp3) is 0.889. The van der Waals surface area contributed by atoms with Gasteiger partial charge in [0, 0.05) is 19.1 Å². The number of hydrogen-bond donors (Lipinski definition) is 2. The molecule has 1 rings (SSSR count). The van der Waals surface area contributed by atoms with Crippen molar-refractivity contribution in [2.45, 2.75) is 39.2 Å². The molecule has 1 aliphatic heterocycles. The van der Waals surface area contributed by atoms with Crippen LogP contribution in [0.4, 0.5) is 4.79 Å². The van der Waals surface area contributed by atoms with Crippen molar-refractivity contribution in [1.82, 2.24) is 15.8 Å². The molecular weight excluding hydrogens is 166 g/mol. The zero-order valence-corrected chi connectivity index (χ0v) is 8.47. The molecule has 1 heterocycles. The first-order valence-corrected chi connectivity index (χ1v) is 5.00. The van der Waals surface area contributed by atoms with Crippen molar-refractivity contribution in [3.8, 4) is 0 Å². The van der Waals surface area contributed by atoms with Gasteiger partial charge in [-0.25, -0.2) is 9.80 Å². The van der Waals surface area contributed by atoms with Crippen LogP contribution in [0.25, 0.3) is 0 Å². The quantitative estimate of drug-likeness (QED) is 0.676. The molecule has 4 heteroatoms. The first-order chi connectivity index (χ1) is 6.18. The maximum absolute atomic E-state index is 11.3. The number of urea groups is 1. The number of piperidine rings is 1. The van der Waals surface area contributed by atoms with E-state index in [1.165, 1.54) is 19.3 Å². The van der Waals surface area contributed by atoms with Gasteiger partial charge in [0.2, 0.25) is 0 Å². The largest absolute Gasteiger partial charge is 0.335 e. The third kappa shape index (κ3) is 4.12. The predicted octanol–water partition coefficient (Wildman–Crippen LogP) is 1.09. The summed E-state index contributed by atoms with van der Waals surface area (Å²) >= 11 is 0. The SMILES string of the molecule is CC(C)NC(=O)NN1CCCCC1. The highest BCUT2D eigenvalue weighted by atomic mass is 16.2. The average Bonchev–Trinajstić information content (AvgIpc) is 2.04. The Kier molecular flexibility index (Phi) is 4.02. The first-order valence-electron chi connectivity index (χ1n) is 5.00. The van der Waals surface area contributed by atoms with Gasteiger partial charge < -0.3 is 5.32 Å². The number of rotatable bonds is 2. The smallest absolute Gasteiger partial charge is 0.329 e. The maximum atomic E-state index is 11.3. The van der Waals surface area contributed by atoms with Crippen molar-refractivity contribution in [3.63, 3.8) is 0 Å². The summed E-state index contributed by atoms with van der Waals surface area (Å²) in [4.78, 5) is 11.3. The average molecular weight is 185 g/mol. The number of carbonyl (C=O) groups is 1. The van der Waals surface area contributed by atoms with Gasteiger partial charge in [-0.05, 0) is 26.7 Å². The highest BCUT2D eigenvalue weighted by Gasteiger charge is 2.12. The van der Waals surface area contributed by atoms with Crippen molar-refractivity contribution in [2.24, 2.45) is 0 Å². The van der Waals surface area contributed by atoms with Crippen LogP contribution in [0.2, 0.25) is 0 Å². The van der Waals surface area contributed by atoms with Crippen LogP contribution >= 0.6 is 0 Å². The van der Waals surface area contributed by atoms with Gasteiger partial charge in [0.25, 0.3) is 0 Å². The van der Waals surface area contributed by atoms with Crippen LogP contribution in [0, 0.1) is 0 Å². The Morgan fingerprint density at radius 1 is 1.23 bits per heavy atom. The van der Waals surface area contributed by atoms with Gasteiger partial charge in [-0.15, -0.1) is 0 Å². The number of nitrogens with zero attached hydrogens (tertiary/aromatic N) is 1. The summed E-state index contributed by atoms with van der Waals surface area (Å²) in [6.45, 7) is 5.86. The molecule has 1 aliphatic rings. The second kappa shape index (κ2) is 5.07. The summed E-state index contributed by atoms with van der Waals surface area (Å²) in [6.07, 6.45) is 3.65. The lowest BCUT2D eigenvalue weighted by molar-refractivity contribution is 0.153. The standard InChI is InChI=1S/C9H19N3O/c1-8(2)10-9(13)11-12-6-4-3-5-7-12/h8H,3-7H2,1-2H3,(H2,10,11,13). The highest BCUT2D eigenvalue weighted by molar-refractivity contribution is 5.73. The van der Waals surface area contributed by atoms with Crippen LogP contribution in [-0.4, -0.2) is 30.2 Å². The lowest BCUT2D eigenvalue weighted by atomic mass is 10.2. The second-order valence-electron chi connectivity index (χ2n) is 3.79. The molecule has 0 radical (unpaired) electrons. The van der Waals surface area contributed by atoms with Crippen molar-refractivity contribution < 1.29 is 4.79 Å². The summed E-state index contributed by atoms with van der Waals surface area (Å²) in [5.41, 5.74) is 2.83. The van der Waals surface area contributed by atoms with Gasteiger partial charge in [-0.1, -0.05) is 6.42 Å². The molecule has 0 atom stereocenters. The molecule has 4 nitrogen and oxygen atoms in total. The lowest BCUT2D eigenvalue weighted by Crippen LogP contribution is -2.50. The molecule has 0 aromatic carbocycles.